The van der Waals surface area contributed by atoms with E-state index in [1.54, 1.807) is 0 Å². The number of nitrogens with zero attached hydrogens (tertiary/aromatic N) is 1. The van der Waals surface area contributed by atoms with E-state index in [-0.39, 0.29) is 23.3 Å². The molecule has 4 N–H and O–H groups in total. The van der Waals surface area contributed by atoms with Gasteiger partial charge >= 0.3 is 0 Å². The Morgan fingerprint density at radius 3 is 2.14 bits per heavy atom. The molecule has 0 aromatic carbocycles. The minimum atomic E-state index is -0.914. The number of carbonyl (C=O) groups is 5. The molecule has 1 rings (SSSR count). The highest BCUT2D eigenvalue weighted by Gasteiger charge is 2.38. The van der Waals surface area contributed by atoms with Gasteiger partial charge in [-0.05, 0) is 19.8 Å². The number of amides is 5. The Kier molecular flexibility index (Phi) is 10.3. The minimum Gasteiger partial charge on any atom is -0.357 e. The monoisotopic (exact) mass is 447 g/mol. The second kappa shape index (κ2) is 11.9. The van der Waals surface area contributed by atoms with E-state index in [1.165, 1.54) is 25.8 Å². The van der Waals surface area contributed by atoms with Crippen LogP contribution in [0.3, 0.4) is 0 Å². The van der Waals surface area contributed by atoms with Crippen molar-refractivity contribution in [2.75, 3.05) is 25.1 Å². The molecule has 0 aliphatic carbocycles. The van der Waals surface area contributed by atoms with Gasteiger partial charge < -0.3 is 26.2 Å². The van der Waals surface area contributed by atoms with Gasteiger partial charge in [0.25, 0.3) is 0 Å². The summed E-state index contributed by atoms with van der Waals surface area (Å²) in [5.74, 6) is -1.95. The van der Waals surface area contributed by atoms with E-state index >= 15 is 0 Å². The summed E-state index contributed by atoms with van der Waals surface area (Å²) >= 11 is 8.13. The summed E-state index contributed by atoms with van der Waals surface area (Å²) < 4.78 is 0. The highest BCUT2D eigenvalue weighted by molar-refractivity contribution is 7.80. The molecule has 0 unspecified atom stereocenters. The van der Waals surface area contributed by atoms with Gasteiger partial charge in [-0.2, -0.15) is 25.3 Å². The number of nitrogens with one attached hydrogen (secondary N) is 4. The SMILES string of the molecule is CNC(=O)[C@H](CS)NC(=O)[C@@H](C)NC(=O)[C@@H]1CCCN1C(=O)[C@H](CS)NC(C)=O. The molecule has 5 amide bonds. The minimum absolute atomic E-state index is 0.102. The number of hydrogen-bond acceptors (Lipinski definition) is 7. The normalized spacial score (nSPS) is 18.9. The van der Waals surface area contributed by atoms with Gasteiger partial charge in [0.2, 0.25) is 29.5 Å². The Bertz CT molecular complexity index is 648. The highest BCUT2D eigenvalue weighted by Crippen LogP contribution is 2.19. The zero-order valence-corrected chi connectivity index (χ0v) is 18.5. The van der Waals surface area contributed by atoms with Crippen molar-refractivity contribution in [2.24, 2.45) is 0 Å². The molecule has 4 atom stereocenters. The first kappa shape index (κ1) is 25.1. The topological polar surface area (TPSA) is 137 Å². The molecule has 0 aromatic heterocycles. The summed E-state index contributed by atoms with van der Waals surface area (Å²) in [6.45, 7) is 3.16. The number of likely N-dealkylation sites (N-methyl/N-ethyl adjacent to an activating group) is 1. The van der Waals surface area contributed by atoms with E-state index in [9.17, 15) is 24.0 Å². The summed E-state index contributed by atoms with van der Waals surface area (Å²) in [7, 11) is 1.45. The average molecular weight is 448 g/mol. The van der Waals surface area contributed by atoms with Gasteiger partial charge in [0, 0.05) is 32.0 Å². The Hall–Kier alpha value is -1.95. The lowest BCUT2D eigenvalue weighted by Gasteiger charge is -2.28. The molecule has 1 saturated heterocycles. The first-order valence-corrected chi connectivity index (χ1v) is 10.5. The summed E-state index contributed by atoms with van der Waals surface area (Å²) in [5, 5.41) is 10.0. The standard InChI is InChI=1S/C17H29N5O5S2/c1-9(14(24)21-11(7-28)15(25)18-3)19-16(26)13-5-4-6-22(13)17(27)12(8-29)20-10(2)23/h9,11-13,28-29H,4-8H2,1-3H3,(H,18,25)(H,19,26)(H,20,23)(H,21,24)/t9-,11+,12+,13+/m1/s1. The maximum absolute atomic E-state index is 12.7. The van der Waals surface area contributed by atoms with Crippen LogP contribution >= 0.6 is 25.3 Å². The van der Waals surface area contributed by atoms with Crippen LogP contribution in [-0.4, -0.2) is 83.7 Å². The Balaban J connectivity index is 2.74. The lowest BCUT2D eigenvalue weighted by molar-refractivity contribution is -0.141. The summed E-state index contributed by atoms with van der Waals surface area (Å²) in [4.78, 5) is 62.0. The van der Waals surface area contributed by atoms with Crippen LogP contribution in [0.25, 0.3) is 0 Å². The number of hydrogen-bond donors (Lipinski definition) is 6. The van der Waals surface area contributed by atoms with E-state index in [0.29, 0.717) is 19.4 Å². The predicted octanol–water partition coefficient (Wildman–Crippen LogP) is -1.92. The van der Waals surface area contributed by atoms with Crippen LogP contribution in [0, 0.1) is 0 Å². The number of likely N-dealkylation sites (tertiary alicyclic amines) is 1. The fraction of sp³-hybridized carbons (Fsp3) is 0.706. The molecular formula is C17H29N5O5S2. The van der Waals surface area contributed by atoms with Gasteiger partial charge in [-0.25, -0.2) is 0 Å². The number of rotatable bonds is 9. The Labute approximate surface area is 181 Å². The average Bonchev–Trinajstić information content (AvgIpc) is 3.18. The Morgan fingerprint density at radius 1 is 1.00 bits per heavy atom. The largest absolute Gasteiger partial charge is 0.357 e. The van der Waals surface area contributed by atoms with Crippen molar-refractivity contribution in [3.63, 3.8) is 0 Å². The van der Waals surface area contributed by atoms with Crippen molar-refractivity contribution in [1.82, 2.24) is 26.2 Å². The van der Waals surface area contributed by atoms with Crippen molar-refractivity contribution in [3.8, 4) is 0 Å². The molecule has 0 bridgehead atoms. The first-order chi connectivity index (χ1) is 13.7. The van der Waals surface area contributed by atoms with Crippen molar-refractivity contribution < 1.29 is 24.0 Å². The van der Waals surface area contributed by atoms with E-state index in [2.05, 4.69) is 46.5 Å². The second-order valence-corrected chi connectivity index (χ2v) is 7.44. The van der Waals surface area contributed by atoms with Gasteiger partial charge in [-0.1, -0.05) is 0 Å². The molecule has 0 spiro atoms. The third-order valence-corrected chi connectivity index (χ3v) is 5.24. The molecule has 0 aromatic rings. The van der Waals surface area contributed by atoms with Crippen LogP contribution in [0.15, 0.2) is 0 Å². The third-order valence-electron chi connectivity index (χ3n) is 4.51. The lowest BCUT2D eigenvalue weighted by atomic mass is 10.1. The zero-order valence-electron chi connectivity index (χ0n) is 16.7. The summed E-state index contributed by atoms with van der Waals surface area (Å²) in [6.07, 6.45) is 1.07. The van der Waals surface area contributed by atoms with E-state index in [0.717, 1.165) is 0 Å². The maximum atomic E-state index is 12.7. The maximum Gasteiger partial charge on any atom is 0.246 e. The quantitative estimate of drug-likeness (QED) is 0.229. The molecule has 0 radical (unpaired) electrons. The van der Waals surface area contributed by atoms with Gasteiger partial charge in [-0.15, -0.1) is 0 Å². The molecule has 12 heteroatoms. The van der Waals surface area contributed by atoms with Crippen LogP contribution < -0.4 is 21.3 Å². The fourth-order valence-electron chi connectivity index (χ4n) is 2.97. The molecule has 164 valence electrons. The van der Waals surface area contributed by atoms with E-state index in [4.69, 9.17) is 0 Å². The van der Waals surface area contributed by atoms with Crippen molar-refractivity contribution in [3.05, 3.63) is 0 Å². The molecule has 1 aliphatic rings. The van der Waals surface area contributed by atoms with Crippen molar-refractivity contribution in [2.45, 2.75) is 50.9 Å². The predicted molar refractivity (Wildman–Crippen MR) is 114 cm³/mol. The van der Waals surface area contributed by atoms with Crippen LogP contribution in [0.2, 0.25) is 0 Å². The number of thiol groups is 2. The smallest absolute Gasteiger partial charge is 0.246 e. The lowest BCUT2D eigenvalue weighted by Crippen LogP contribution is -2.57. The number of carbonyl (C=O) groups excluding carboxylic acids is 5. The molecule has 10 nitrogen and oxygen atoms in total. The van der Waals surface area contributed by atoms with Crippen molar-refractivity contribution >= 4 is 54.8 Å². The summed E-state index contributed by atoms with van der Waals surface area (Å²) in [5.41, 5.74) is 0. The van der Waals surface area contributed by atoms with Crippen LogP contribution in [0.4, 0.5) is 0 Å². The van der Waals surface area contributed by atoms with Gasteiger partial charge in [0.1, 0.15) is 24.2 Å². The van der Waals surface area contributed by atoms with E-state index in [1.807, 2.05) is 0 Å². The highest BCUT2D eigenvalue weighted by atomic mass is 32.1. The zero-order chi connectivity index (χ0) is 22.1. The van der Waals surface area contributed by atoms with Gasteiger partial charge in [0.15, 0.2) is 0 Å². The fourth-order valence-corrected chi connectivity index (χ4v) is 3.48. The van der Waals surface area contributed by atoms with E-state index < -0.39 is 41.9 Å². The third kappa shape index (κ3) is 7.11. The Morgan fingerprint density at radius 2 is 1.62 bits per heavy atom. The molecule has 1 heterocycles. The van der Waals surface area contributed by atoms with Gasteiger partial charge in [0.05, 0.1) is 0 Å². The summed E-state index contributed by atoms with van der Waals surface area (Å²) in [6, 6.07) is -3.31. The molecule has 0 saturated carbocycles. The molecule has 29 heavy (non-hydrogen) atoms. The molecular weight excluding hydrogens is 418 g/mol. The molecule has 1 fully saturated rings. The van der Waals surface area contributed by atoms with Crippen LogP contribution in [-0.2, 0) is 24.0 Å². The second-order valence-electron chi connectivity index (χ2n) is 6.71. The van der Waals surface area contributed by atoms with Crippen LogP contribution in [0.5, 0.6) is 0 Å². The molecule has 1 aliphatic heterocycles. The van der Waals surface area contributed by atoms with Crippen molar-refractivity contribution in [1.29, 1.82) is 0 Å². The first-order valence-electron chi connectivity index (χ1n) is 9.27. The van der Waals surface area contributed by atoms with Gasteiger partial charge in [-0.3, -0.25) is 24.0 Å². The van der Waals surface area contributed by atoms with Crippen LogP contribution in [0.1, 0.15) is 26.7 Å².